The monoisotopic (exact) mass is 273 g/mol. The van der Waals surface area contributed by atoms with E-state index in [1.165, 1.54) is 0 Å². The quantitative estimate of drug-likeness (QED) is 0.839. The number of furan rings is 1. The van der Waals surface area contributed by atoms with Crippen LogP contribution in [-0.2, 0) is 6.54 Å². The molecule has 0 fully saturated rings. The Kier molecular flexibility index (Phi) is 5.18. The van der Waals surface area contributed by atoms with Gasteiger partial charge in [0.1, 0.15) is 5.76 Å². The van der Waals surface area contributed by atoms with Crippen molar-refractivity contribution in [1.82, 2.24) is 10.3 Å². The number of aromatic nitrogens is 1. The molecule has 0 aliphatic rings. The zero-order valence-corrected chi connectivity index (χ0v) is 12.5. The third-order valence-corrected chi connectivity index (χ3v) is 3.56. The summed E-state index contributed by atoms with van der Waals surface area (Å²) in [5.74, 6) is 0.970. The minimum Gasteiger partial charge on any atom is -0.467 e. The average Bonchev–Trinajstić information content (AvgIpc) is 3.00. The summed E-state index contributed by atoms with van der Waals surface area (Å²) in [6, 6.07) is 8.48. The van der Waals surface area contributed by atoms with Gasteiger partial charge >= 0.3 is 0 Å². The van der Waals surface area contributed by atoms with E-state index in [1.807, 2.05) is 25.4 Å². The van der Waals surface area contributed by atoms with Crippen LogP contribution < -0.4 is 10.2 Å². The summed E-state index contributed by atoms with van der Waals surface area (Å²) in [4.78, 5) is 6.83. The molecule has 2 rings (SSSR count). The van der Waals surface area contributed by atoms with Gasteiger partial charge in [-0.05, 0) is 44.7 Å². The van der Waals surface area contributed by atoms with Crippen molar-refractivity contribution in [2.45, 2.75) is 32.9 Å². The van der Waals surface area contributed by atoms with E-state index in [4.69, 9.17) is 4.42 Å². The molecule has 0 aliphatic heterocycles. The summed E-state index contributed by atoms with van der Waals surface area (Å²) in [7, 11) is 1.97. The van der Waals surface area contributed by atoms with Crippen molar-refractivity contribution in [2.24, 2.45) is 0 Å². The van der Waals surface area contributed by atoms with Crippen molar-refractivity contribution in [2.75, 3.05) is 18.5 Å². The first kappa shape index (κ1) is 14.6. The van der Waals surface area contributed by atoms with Gasteiger partial charge in [0.05, 0.1) is 30.4 Å². The number of hydrogen-bond acceptors (Lipinski definition) is 4. The molecule has 2 heterocycles. The molecule has 4 heteroatoms. The molecule has 0 saturated heterocycles. The minimum atomic E-state index is 0.323. The van der Waals surface area contributed by atoms with Crippen LogP contribution in [0.15, 0.2) is 41.1 Å². The lowest BCUT2D eigenvalue weighted by molar-refractivity contribution is 0.503. The lowest BCUT2D eigenvalue weighted by Gasteiger charge is -2.22. The zero-order valence-electron chi connectivity index (χ0n) is 12.5. The Morgan fingerprint density at radius 2 is 2.15 bits per heavy atom. The first-order valence-corrected chi connectivity index (χ1v) is 7.19. The lowest BCUT2D eigenvalue weighted by atomic mass is 10.1. The molecule has 1 unspecified atom stereocenters. The fourth-order valence-corrected chi connectivity index (χ4v) is 2.33. The molecule has 1 N–H and O–H groups in total. The molecule has 4 nitrogen and oxygen atoms in total. The van der Waals surface area contributed by atoms with E-state index in [2.05, 4.69) is 41.2 Å². The summed E-state index contributed by atoms with van der Waals surface area (Å²) < 4.78 is 5.41. The summed E-state index contributed by atoms with van der Waals surface area (Å²) in [6.07, 6.45) is 4.69. The number of rotatable bonds is 7. The third-order valence-electron chi connectivity index (χ3n) is 3.56. The fourth-order valence-electron chi connectivity index (χ4n) is 2.33. The van der Waals surface area contributed by atoms with Gasteiger partial charge in [0.2, 0.25) is 0 Å². The van der Waals surface area contributed by atoms with Crippen LogP contribution in [0.25, 0.3) is 0 Å². The van der Waals surface area contributed by atoms with E-state index < -0.39 is 0 Å². The number of hydrogen-bond donors (Lipinski definition) is 1. The summed E-state index contributed by atoms with van der Waals surface area (Å²) >= 11 is 0. The molecule has 0 aliphatic carbocycles. The summed E-state index contributed by atoms with van der Waals surface area (Å²) in [5.41, 5.74) is 2.21. The molecule has 0 radical (unpaired) electrons. The SMILES string of the molecule is CCC(NC)c1ccc(N(CC)Cc2ccco2)cn1. The van der Waals surface area contributed by atoms with Gasteiger partial charge in [-0.2, -0.15) is 0 Å². The maximum Gasteiger partial charge on any atom is 0.123 e. The molecular formula is C16H23N3O. The normalized spacial score (nSPS) is 12.3. The number of nitrogens with zero attached hydrogens (tertiary/aromatic N) is 2. The maximum absolute atomic E-state index is 5.41. The van der Waals surface area contributed by atoms with E-state index >= 15 is 0 Å². The molecule has 0 saturated carbocycles. The van der Waals surface area contributed by atoms with E-state index in [0.29, 0.717) is 6.04 Å². The van der Waals surface area contributed by atoms with Crippen LogP contribution in [0.5, 0.6) is 0 Å². The highest BCUT2D eigenvalue weighted by atomic mass is 16.3. The van der Waals surface area contributed by atoms with Crippen molar-refractivity contribution in [3.05, 3.63) is 48.2 Å². The standard InChI is InChI=1S/C16H23N3O/c1-4-15(17-3)16-9-8-13(11-18-16)19(5-2)12-14-7-6-10-20-14/h6-11,15,17H,4-5,12H2,1-3H3. The van der Waals surface area contributed by atoms with Crippen LogP contribution in [0.2, 0.25) is 0 Å². The smallest absolute Gasteiger partial charge is 0.123 e. The minimum absolute atomic E-state index is 0.323. The molecule has 2 aromatic heterocycles. The van der Waals surface area contributed by atoms with Gasteiger partial charge in [-0.25, -0.2) is 0 Å². The second kappa shape index (κ2) is 7.10. The Hall–Kier alpha value is -1.81. The average molecular weight is 273 g/mol. The van der Waals surface area contributed by atoms with E-state index in [1.54, 1.807) is 6.26 Å². The Morgan fingerprint density at radius 1 is 1.30 bits per heavy atom. The van der Waals surface area contributed by atoms with Crippen molar-refractivity contribution >= 4 is 5.69 Å². The van der Waals surface area contributed by atoms with Crippen molar-refractivity contribution in [1.29, 1.82) is 0 Å². The molecule has 0 bridgehead atoms. The molecule has 20 heavy (non-hydrogen) atoms. The number of pyridine rings is 1. The van der Waals surface area contributed by atoms with E-state index in [0.717, 1.165) is 36.7 Å². The topological polar surface area (TPSA) is 41.3 Å². The Labute approximate surface area is 120 Å². The lowest BCUT2D eigenvalue weighted by Crippen LogP contribution is -2.22. The van der Waals surface area contributed by atoms with Gasteiger partial charge in [-0.3, -0.25) is 4.98 Å². The predicted molar refractivity (Wildman–Crippen MR) is 81.8 cm³/mol. The number of anilines is 1. The van der Waals surface area contributed by atoms with E-state index in [9.17, 15) is 0 Å². The van der Waals surface area contributed by atoms with Gasteiger partial charge in [-0.15, -0.1) is 0 Å². The van der Waals surface area contributed by atoms with Gasteiger partial charge in [-0.1, -0.05) is 6.92 Å². The van der Waals surface area contributed by atoms with Crippen molar-refractivity contribution < 1.29 is 4.42 Å². The van der Waals surface area contributed by atoms with Crippen molar-refractivity contribution in [3.63, 3.8) is 0 Å². The first-order valence-electron chi connectivity index (χ1n) is 7.19. The van der Waals surface area contributed by atoms with E-state index in [-0.39, 0.29) is 0 Å². The maximum atomic E-state index is 5.41. The van der Waals surface area contributed by atoms with Gasteiger partial charge in [0.25, 0.3) is 0 Å². The summed E-state index contributed by atoms with van der Waals surface area (Å²) in [5, 5.41) is 3.28. The molecule has 0 amide bonds. The fraction of sp³-hybridized carbons (Fsp3) is 0.438. The predicted octanol–water partition coefficient (Wildman–Crippen LogP) is 3.37. The Bertz CT molecular complexity index is 489. The van der Waals surface area contributed by atoms with Crippen LogP contribution >= 0.6 is 0 Å². The van der Waals surface area contributed by atoms with Crippen LogP contribution in [0.3, 0.4) is 0 Å². The van der Waals surface area contributed by atoms with Crippen LogP contribution in [0.4, 0.5) is 5.69 Å². The van der Waals surface area contributed by atoms with Gasteiger partial charge in [0, 0.05) is 12.6 Å². The van der Waals surface area contributed by atoms with Crippen LogP contribution in [-0.4, -0.2) is 18.6 Å². The molecule has 0 aromatic carbocycles. The zero-order chi connectivity index (χ0) is 14.4. The molecule has 0 spiro atoms. The van der Waals surface area contributed by atoms with Crippen molar-refractivity contribution in [3.8, 4) is 0 Å². The Morgan fingerprint density at radius 3 is 2.65 bits per heavy atom. The number of nitrogens with one attached hydrogen (secondary N) is 1. The molecular weight excluding hydrogens is 250 g/mol. The first-order chi connectivity index (χ1) is 9.78. The second-order valence-corrected chi connectivity index (χ2v) is 4.78. The molecule has 1 atom stereocenters. The highest BCUT2D eigenvalue weighted by molar-refractivity contribution is 5.44. The van der Waals surface area contributed by atoms with Gasteiger partial charge < -0.3 is 14.6 Å². The summed E-state index contributed by atoms with van der Waals surface area (Å²) in [6.45, 7) is 5.99. The van der Waals surface area contributed by atoms with Crippen LogP contribution in [0.1, 0.15) is 37.8 Å². The molecule has 108 valence electrons. The van der Waals surface area contributed by atoms with Crippen LogP contribution in [0, 0.1) is 0 Å². The second-order valence-electron chi connectivity index (χ2n) is 4.78. The third kappa shape index (κ3) is 3.39. The van der Waals surface area contributed by atoms with Gasteiger partial charge in [0.15, 0.2) is 0 Å². The highest BCUT2D eigenvalue weighted by Gasteiger charge is 2.11. The largest absolute Gasteiger partial charge is 0.467 e. The Balaban J connectivity index is 2.10. The highest BCUT2D eigenvalue weighted by Crippen LogP contribution is 2.20. The molecule has 2 aromatic rings.